The topological polar surface area (TPSA) is 50.8 Å². The number of nitrogens with one attached hydrogen (secondary N) is 1. The van der Waals surface area contributed by atoms with Crippen LogP contribution in [0.2, 0.25) is 0 Å². The summed E-state index contributed by atoms with van der Waals surface area (Å²) in [6.07, 6.45) is 6.94. The van der Waals surface area contributed by atoms with E-state index in [1.54, 1.807) is 7.11 Å². The Morgan fingerprint density at radius 2 is 2.04 bits per heavy atom. The number of carbonyl (C=O) groups excluding carboxylic acids is 1. The van der Waals surface area contributed by atoms with Crippen LogP contribution in [0, 0.1) is 0 Å². The molecule has 1 saturated heterocycles. The minimum atomic E-state index is 0. The normalized spacial score (nSPS) is 14.7. The van der Waals surface area contributed by atoms with E-state index in [0.29, 0.717) is 17.5 Å². The highest BCUT2D eigenvalue weighted by atomic mass is 35.5. The summed E-state index contributed by atoms with van der Waals surface area (Å²) in [5.41, 5.74) is 1.04. The first-order valence-electron chi connectivity index (χ1n) is 9.13. The molecule has 0 spiro atoms. The van der Waals surface area contributed by atoms with Crippen LogP contribution >= 0.6 is 12.4 Å². The number of hydrogen-bond donors (Lipinski definition) is 1. The Morgan fingerprint density at radius 1 is 1.31 bits per heavy atom. The number of benzene rings is 1. The van der Waals surface area contributed by atoms with Crippen LogP contribution in [0.25, 0.3) is 6.08 Å². The summed E-state index contributed by atoms with van der Waals surface area (Å²) in [6.45, 7) is 6.84. The van der Waals surface area contributed by atoms with Gasteiger partial charge in [0.1, 0.15) is 0 Å². The van der Waals surface area contributed by atoms with E-state index in [4.69, 9.17) is 9.47 Å². The van der Waals surface area contributed by atoms with Crippen molar-refractivity contribution in [3.63, 3.8) is 0 Å². The molecule has 6 heteroatoms. The van der Waals surface area contributed by atoms with Crippen molar-refractivity contribution in [1.29, 1.82) is 0 Å². The van der Waals surface area contributed by atoms with Crippen LogP contribution in [0.3, 0.4) is 0 Å². The van der Waals surface area contributed by atoms with Crippen LogP contribution in [0.5, 0.6) is 11.5 Å². The maximum Gasteiger partial charge on any atom is 0.260 e. The van der Waals surface area contributed by atoms with Crippen LogP contribution in [0.15, 0.2) is 24.3 Å². The van der Waals surface area contributed by atoms with Gasteiger partial charge in [-0.3, -0.25) is 4.79 Å². The van der Waals surface area contributed by atoms with Gasteiger partial charge in [0, 0.05) is 12.6 Å². The van der Waals surface area contributed by atoms with Crippen molar-refractivity contribution in [2.75, 3.05) is 33.4 Å². The summed E-state index contributed by atoms with van der Waals surface area (Å²) >= 11 is 0. The van der Waals surface area contributed by atoms with Crippen molar-refractivity contribution in [2.45, 2.75) is 39.2 Å². The monoisotopic (exact) mass is 382 g/mol. The second kappa shape index (κ2) is 11.8. The van der Waals surface area contributed by atoms with E-state index < -0.39 is 0 Å². The highest BCUT2D eigenvalue weighted by molar-refractivity contribution is 5.85. The van der Waals surface area contributed by atoms with Crippen LogP contribution < -0.4 is 14.8 Å². The fraction of sp³-hybridized carbons (Fsp3) is 0.550. The van der Waals surface area contributed by atoms with E-state index >= 15 is 0 Å². The second-order valence-electron chi connectivity index (χ2n) is 6.27. The number of amides is 1. The van der Waals surface area contributed by atoms with E-state index in [-0.39, 0.29) is 24.9 Å². The summed E-state index contributed by atoms with van der Waals surface area (Å²) in [5.74, 6) is 1.30. The Balaban J connectivity index is 0.00000338. The molecule has 0 bridgehead atoms. The van der Waals surface area contributed by atoms with Gasteiger partial charge in [0.2, 0.25) is 0 Å². The SMILES string of the molecule is C/C=C/c1ccc(OCC(=O)N(CCC)C2CCNCC2)c(OC)c1.Cl. The zero-order chi connectivity index (χ0) is 18.1. The third kappa shape index (κ3) is 6.22. The van der Waals surface area contributed by atoms with Crippen LogP contribution in [0.1, 0.15) is 38.7 Å². The average Bonchev–Trinajstić information content (AvgIpc) is 2.65. The smallest absolute Gasteiger partial charge is 0.260 e. The fourth-order valence-corrected chi connectivity index (χ4v) is 3.19. The first-order chi connectivity index (χ1) is 12.2. The first kappa shape index (κ1) is 22.3. The standard InChI is InChI=1S/C20H30N2O3.ClH/c1-4-6-16-7-8-18(19(14-16)24-3)25-15-20(23)22(13-5-2)17-9-11-21-12-10-17;/h4,6-8,14,17,21H,5,9-13,15H2,1-3H3;1H/b6-4+;. The van der Waals surface area contributed by atoms with Gasteiger partial charge in [-0.25, -0.2) is 0 Å². The van der Waals surface area contributed by atoms with Gasteiger partial charge in [-0.1, -0.05) is 25.1 Å². The van der Waals surface area contributed by atoms with Crippen molar-refractivity contribution in [3.05, 3.63) is 29.8 Å². The maximum absolute atomic E-state index is 12.7. The molecule has 0 atom stereocenters. The number of methoxy groups -OCH3 is 1. The lowest BCUT2D eigenvalue weighted by Gasteiger charge is -2.34. The van der Waals surface area contributed by atoms with Crippen molar-refractivity contribution < 1.29 is 14.3 Å². The molecule has 1 N–H and O–H groups in total. The number of allylic oxidation sites excluding steroid dienone is 1. The van der Waals surface area contributed by atoms with E-state index in [2.05, 4.69) is 12.2 Å². The number of piperidine rings is 1. The van der Waals surface area contributed by atoms with Crippen molar-refractivity contribution >= 4 is 24.4 Å². The third-order valence-corrected chi connectivity index (χ3v) is 4.43. The number of carbonyl (C=O) groups is 1. The molecule has 26 heavy (non-hydrogen) atoms. The van der Waals surface area contributed by atoms with Crippen LogP contribution in [-0.4, -0.2) is 50.2 Å². The van der Waals surface area contributed by atoms with E-state index in [9.17, 15) is 4.79 Å². The molecule has 146 valence electrons. The molecule has 1 amide bonds. The van der Waals surface area contributed by atoms with Gasteiger partial charge in [0.05, 0.1) is 7.11 Å². The van der Waals surface area contributed by atoms with E-state index in [0.717, 1.165) is 44.5 Å². The molecule has 0 saturated carbocycles. The number of nitrogens with zero attached hydrogens (tertiary/aromatic N) is 1. The lowest BCUT2D eigenvalue weighted by Crippen LogP contribution is -2.48. The molecular weight excluding hydrogens is 352 g/mol. The van der Waals surface area contributed by atoms with Gasteiger partial charge in [-0.2, -0.15) is 0 Å². The zero-order valence-corrected chi connectivity index (χ0v) is 16.8. The average molecular weight is 383 g/mol. The fourth-order valence-electron chi connectivity index (χ4n) is 3.19. The summed E-state index contributed by atoms with van der Waals surface area (Å²) in [6, 6.07) is 6.04. The predicted octanol–water partition coefficient (Wildman–Crippen LogP) is 3.52. The molecule has 1 heterocycles. The largest absolute Gasteiger partial charge is 0.493 e. The van der Waals surface area contributed by atoms with Crippen molar-refractivity contribution in [2.24, 2.45) is 0 Å². The maximum atomic E-state index is 12.7. The predicted molar refractivity (Wildman–Crippen MR) is 108 cm³/mol. The molecule has 1 aliphatic rings. The van der Waals surface area contributed by atoms with Crippen LogP contribution in [0.4, 0.5) is 0 Å². The molecule has 0 unspecified atom stereocenters. The van der Waals surface area contributed by atoms with Crippen molar-refractivity contribution in [3.8, 4) is 11.5 Å². The molecule has 1 aromatic carbocycles. The van der Waals surface area contributed by atoms with Gasteiger partial charge in [-0.15, -0.1) is 12.4 Å². The summed E-state index contributed by atoms with van der Waals surface area (Å²) in [5, 5.41) is 3.35. The minimum Gasteiger partial charge on any atom is -0.493 e. The van der Waals surface area contributed by atoms with Gasteiger partial charge < -0.3 is 19.7 Å². The third-order valence-electron chi connectivity index (χ3n) is 4.43. The molecule has 1 aromatic rings. The highest BCUT2D eigenvalue weighted by Gasteiger charge is 2.25. The molecule has 0 aliphatic carbocycles. The van der Waals surface area contributed by atoms with Crippen molar-refractivity contribution in [1.82, 2.24) is 10.2 Å². The van der Waals surface area contributed by atoms with Gasteiger partial charge in [0.15, 0.2) is 18.1 Å². The molecule has 0 aromatic heterocycles. The Kier molecular flexibility index (Phi) is 10.1. The quantitative estimate of drug-likeness (QED) is 0.747. The number of hydrogen-bond acceptors (Lipinski definition) is 4. The summed E-state index contributed by atoms with van der Waals surface area (Å²) < 4.78 is 11.2. The van der Waals surface area contributed by atoms with Crippen LogP contribution in [-0.2, 0) is 4.79 Å². The van der Waals surface area contributed by atoms with Gasteiger partial charge in [0.25, 0.3) is 5.91 Å². The zero-order valence-electron chi connectivity index (χ0n) is 16.0. The first-order valence-corrected chi connectivity index (χ1v) is 9.13. The van der Waals surface area contributed by atoms with E-state index in [1.165, 1.54) is 0 Å². The van der Waals surface area contributed by atoms with Gasteiger partial charge in [-0.05, 0) is 57.0 Å². The number of halogens is 1. The Morgan fingerprint density at radius 3 is 2.65 bits per heavy atom. The Labute approximate surface area is 163 Å². The molecule has 2 rings (SSSR count). The molecule has 1 fully saturated rings. The lowest BCUT2D eigenvalue weighted by molar-refractivity contribution is -0.136. The van der Waals surface area contributed by atoms with E-state index in [1.807, 2.05) is 42.2 Å². The highest BCUT2D eigenvalue weighted by Crippen LogP contribution is 2.28. The molecular formula is C20H31ClN2O3. The second-order valence-corrected chi connectivity index (χ2v) is 6.27. The summed E-state index contributed by atoms with van der Waals surface area (Å²) in [4.78, 5) is 14.7. The number of rotatable bonds is 8. The molecule has 5 nitrogen and oxygen atoms in total. The molecule has 0 radical (unpaired) electrons. The Hall–Kier alpha value is -1.72. The Bertz CT molecular complexity index is 586. The number of ether oxygens (including phenoxy) is 2. The minimum absolute atomic E-state index is 0. The van der Waals surface area contributed by atoms with Gasteiger partial charge >= 0.3 is 0 Å². The summed E-state index contributed by atoms with van der Waals surface area (Å²) in [7, 11) is 1.61. The molecule has 1 aliphatic heterocycles. The lowest BCUT2D eigenvalue weighted by atomic mass is 10.0.